The van der Waals surface area contributed by atoms with Crippen LogP contribution in [0.1, 0.15) is 26.7 Å². The normalized spacial score (nSPS) is 16.4. The Bertz CT molecular complexity index is 418. The van der Waals surface area contributed by atoms with Gasteiger partial charge in [-0.2, -0.15) is 4.98 Å². The van der Waals surface area contributed by atoms with Gasteiger partial charge in [-0.1, -0.05) is 13.8 Å². The summed E-state index contributed by atoms with van der Waals surface area (Å²) in [5.74, 6) is 2.01. The van der Waals surface area contributed by atoms with Crippen molar-refractivity contribution < 1.29 is 14.2 Å². The molecule has 1 fully saturated rings. The van der Waals surface area contributed by atoms with Crippen molar-refractivity contribution in [1.82, 2.24) is 4.98 Å². The lowest BCUT2D eigenvalue weighted by molar-refractivity contribution is 0.0489. The van der Waals surface area contributed by atoms with Crippen LogP contribution in [0, 0.1) is 11.8 Å². The molecule has 1 aliphatic rings. The second-order valence-electron chi connectivity index (χ2n) is 5.62. The second kappa shape index (κ2) is 7.33. The van der Waals surface area contributed by atoms with E-state index < -0.39 is 0 Å². The molecule has 0 bridgehead atoms. The lowest BCUT2D eigenvalue weighted by Crippen LogP contribution is -2.21. The van der Waals surface area contributed by atoms with Gasteiger partial charge in [0.1, 0.15) is 0 Å². The summed E-state index contributed by atoms with van der Waals surface area (Å²) in [5, 5.41) is 0. The number of nitrogens with two attached hydrogens (primary N) is 1. The maximum absolute atomic E-state index is 5.86. The summed E-state index contributed by atoms with van der Waals surface area (Å²) in [7, 11) is 0. The standard InChI is InChI=1S/C15H24N2O3/c1-11(2)9-20-15-13(16)3-4-14(17-15)19-10-12-5-7-18-8-6-12/h3-4,11-12H,5-10,16H2,1-2H3. The average molecular weight is 280 g/mol. The van der Waals surface area contributed by atoms with Gasteiger partial charge < -0.3 is 19.9 Å². The summed E-state index contributed by atoms with van der Waals surface area (Å²) < 4.78 is 16.7. The number of hydrogen-bond acceptors (Lipinski definition) is 5. The van der Waals surface area contributed by atoms with Gasteiger partial charge in [0.25, 0.3) is 0 Å². The molecule has 112 valence electrons. The number of nitrogens with zero attached hydrogens (tertiary/aromatic N) is 1. The first-order chi connectivity index (χ1) is 9.65. The molecule has 1 saturated heterocycles. The SMILES string of the molecule is CC(C)COc1nc(OCC2CCOCC2)ccc1N. The Morgan fingerprint density at radius 1 is 1.30 bits per heavy atom. The highest BCUT2D eigenvalue weighted by Gasteiger charge is 2.15. The Kier molecular flexibility index (Phi) is 5.47. The number of nitrogen functional groups attached to an aromatic ring is 1. The topological polar surface area (TPSA) is 66.6 Å². The van der Waals surface area contributed by atoms with E-state index in [1.165, 1.54) is 0 Å². The van der Waals surface area contributed by atoms with E-state index in [9.17, 15) is 0 Å². The van der Waals surface area contributed by atoms with Crippen molar-refractivity contribution in [2.75, 3.05) is 32.2 Å². The summed E-state index contributed by atoms with van der Waals surface area (Å²) in [6.07, 6.45) is 2.09. The molecule has 2 heterocycles. The van der Waals surface area contributed by atoms with Crippen molar-refractivity contribution in [2.45, 2.75) is 26.7 Å². The van der Waals surface area contributed by atoms with Gasteiger partial charge in [-0.15, -0.1) is 0 Å². The smallest absolute Gasteiger partial charge is 0.240 e. The van der Waals surface area contributed by atoms with Crippen LogP contribution in [0.4, 0.5) is 5.69 Å². The number of anilines is 1. The van der Waals surface area contributed by atoms with Gasteiger partial charge in [0.05, 0.1) is 18.9 Å². The Morgan fingerprint density at radius 3 is 2.75 bits per heavy atom. The molecular formula is C15H24N2O3. The summed E-state index contributed by atoms with van der Waals surface area (Å²) in [6.45, 7) is 7.09. The maximum Gasteiger partial charge on any atom is 0.240 e. The molecule has 0 aromatic carbocycles. The predicted octanol–water partition coefficient (Wildman–Crippen LogP) is 2.50. The average Bonchev–Trinajstić information content (AvgIpc) is 2.46. The van der Waals surface area contributed by atoms with Crippen LogP contribution < -0.4 is 15.2 Å². The molecule has 0 amide bonds. The summed E-state index contributed by atoms with van der Waals surface area (Å²) in [4.78, 5) is 4.33. The number of aromatic nitrogens is 1. The molecular weight excluding hydrogens is 256 g/mol. The molecule has 1 aromatic rings. The first-order valence-corrected chi connectivity index (χ1v) is 7.25. The minimum absolute atomic E-state index is 0.433. The molecule has 0 aliphatic carbocycles. The van der Waals surface area contributed by atoms with Crippen molar-refractivity contribution in [1.29, 1.82) is 0 Å². The third kappa shape index (κ3) is 4.56. The first kappa shape index (κ1) is 14.9. The molecule has 2 N–H and O–H groups in total. The second-order valence-corrected chi connectivity index (χ2v) is 5.62. The summed E-state index contributed by atoms with van der Waals surface area (Å²) in [5.41, 5.74) is 6.40. The Hall–Kier alpha value is -1.49. The van der Waals surface area contributed by atoms with E-state index in [2.05, 4.69) is 18.8 Å². The van der Waals surface area contributed by atoms with Crippen LogP contribution in [0.2, 0.25) is 0 Å². The fourth-order valence-electron chi connectivity index (χ4n) is 1.99. The number of hydrogen-bond donors (Lipinski definition) is 1. The maximum atomic E-state index is 5.86. The van der Waals surface area contributed by atoms with Gasteiger partial charge in [0.15, 0.2) is 0 Å². The van der Waals surface area contributed by atoms with Crippen molar-refractivity contribution in [3.05, 3.63) is 12.1 Å². The monoisotopic (exact) mass is 280 g/mol. The van der Waals surface area contributed by atoms with Crippen LogP contribution in [-0.2, 0) is 4.74 Å². The molecule has 0 atom stereocenters. The van der Waals surface area contributed by atoms with E-state index >= 15 is 0 Å². The van der Waals surface area contributed by atoms with Crippen molar-refractivity contribution in [3.63, 3.8) is 0 Å². The lowest BCUT2D eigenvalue weighted by atomic mass is 10.0. The van der Waals surface area contributed by atoms with Crippen LogP contribution in [0.25, 0.3) is 0 Å². The van der Waals surface area contributed by atoms with Gasteiger partial charge in [-0.3, -0.25) is 0 Å². The van der Waals surface area contributed by atoms with Gasteiger partial charge in [0.2, 0.25) is 11.8 Å². The molecule has 0 saturated carbocycles. The molecule has 5 heteroatoms. The molecule has 20 heavy (non-hydrogen) atoms. The highest BCUT2D eigenvalue weighted by Crippen LogP contribution is 2.24. The molecule has 0 radical (unpaired) electrons. The van der Waals surface area contributed by atoms with Crippen LogP contribution >= 0.6 is 0 Å². The molecule has 1 aromatic heterocycles. The summed E-state index contributed by atoms with van der Waals surface area (Å²) >= 11 is 0. The number of rotatable bonds is 6. The third-order valence-electron chi connectivity index (χ3n) is 3.23. The minimum Gasteiger partial charge on any atom is -0.477 e. The summed E-state index contributed by atoms with van der Waals surface area (Å²) in [6, 6.07) is 3.57. The van der Waals surface area contributed by atoms with E-state index in [1.54, 1.807) is 12.1 Å². The Morgan fingerprint density at radius 2 is 2.05 bits per heavy atom. The lowest BCUT2D eigenvalue weighted by Gasteiger charge is -2.22. The van der Waals surface area contributed by atoms with Gasteiger partial charge in [-0.25, -0.2) is 0 Å². The largest absolute Gasteiger partial charge is 0.477 e. The molecule has 0 spiro atoms. The first-order valence-electron chi connectivity index (χ1n) is 7.25. The zero-order valence-corrected chi connectivity index (χ0v) is 12.3. The highest BCUT2D eigenvalue weighted by atomic mass is 16.5. The zero-order valence-electron chi connectivity index (χ0n) is 12.3. The molecule has 0 unspecified atom stereocenters. The van der Waals surface area contributed by atoms with E-state index in [0.717, 1.165) is 26.1 Å². The van der Waals surface area contributed by atoms with E-state index in [1.807, 2.05) is 0 Å². The molecule has 1 aliphatic heterocycles. The van der Waals surface area contributed by atoms with Crippen LogP contribution in [0.3, 0.4) is 0 Å². The molecule has 5 nitrogen and oxygen atoms in total. The number of pyridine rings is 1. The minimum atomic E-state index is 0.433. The number of ether oxygens (including phenoxy) is 3. The van der Waals surface area contributed by atoms with Crippen LogP contribution in [-0.4, -0.2) is 31.4 Å². The van der Waals surface area contributed by atoms with E-state index in [0.29, 0.717) is 42.5 Å². The highest BCUT2D eigenvalue weighted by molar-refractivity contribution is 5.49. The van der Waals surface area contributed by atoms with Gasteiger partial charge in [-0.05, 0) is 30.7 Å². The van der Waals surface area contributed by atoms with E-state index in [4.69, 9.17) is 19.9 Å². The Labute approximate surface area is 120 Å². The van der Waals surface area contributed by atoms with Crippen LogP contribution in [0.5, 0.6) is 11.8 Å². The Balaban J connectivity index is 1.89. The van der Waals surface area contributed by atoms with Crippen molar-refractivity contribution in [3.8, 4) is 11.8 Å². The van der Waals surface area contributed by atoms with Crippen molar-refractivity contribution in [2.24, 2.45) is 11.8 Å². The van der Waals surface area contributed by atoms with E-state index in [-0.39, 0.29) is 0 Å². The quantitative estimate of drug-likeness (QED) is 0.867. The van der Waals surface area contributed by atoms with Gasteiger partial charge >= 0.3 is 0 Å². The molecule has 2 rings (SSSR count). The zero-order chi connectivity index (χ0) is 14.4. The fourth-order valence-corrected chi connectivity index (χ4v) is 1.99. The van der Waals surface area contributed by atoms with Crippen molar-refractivity contribution >= 4 is 5.69 Å². The fraction of sp³-hybridized carbons (Fsp3) is 0.667. The third-order valence-corrected chi connectivity index (χ3v) is 3.23. The van der Waals surface area contributed by atoms with Crippen LogP contribution in [0.15, 0.2) is 12.1 Å². The van der Waals surface area contributed by atoms with Gasteiger partial charge in [0, 0.05) is 19.3 Å². The predicted molar refractivity (Wildman–Crippen MR) is 78.0 cm³/mol.